The Hall–Kier alpha value is -2.38. The van der Waals surface area contributed by atoms with E-state index in [0.29, 0.717) is 11.6 Å². The van der Waals surface area contributed by atoms with Crippen molar-refractivity contribution in [3.8, 4) is 6.07 Å². The van der Waals surface area contributed by atoms with E-state index in [0.717, 1.165) is 18.9 Å². The van der Waals surface area contributed by atoms with Gasteiger partial charge in [-0.3, -0.25) is 4.90 Å². The van der Waals surface area contributed by atoms with Crippen molar-refractivity contribution in [2.75, 3.05) is 11.9 Å². The number of benzene rings is 1. The molecule has 0 aliphatic carbocycles. The van der Waals surface area contributed by atoms with Crippen molar-refractivity contribution < 1.29 is 0 Å². The van der Waals surface area contributed by atoms with Crippen LogP contribution in [0.25, 0.3) is 0 Å². The zero-order chi connectivity index (χ0) is 16.8. The van der Waals surface area contributed by atoms with Gasteiger partial charge in [-0.2, -0.15) is 5.26 Å². The Labute approximate surface area is 144 Å². The molecule has 2 aromatic rings. The SMILES string of the molecule is CC1CCCCN1Cc1ccccc1CNc1ccc(C#N)cn1. The van der Waals surface area contributed by atoms with Crippen LogP contribution in [0.15, 0.2) is 42.6 Å². The van der Waals surface area contributed by atoms with E-state index in [1.807, 2.05) is 6.07 Å². The molecular weight excluding hydrogens is 296 g/mol. The number of hydrogen-bond acceptors (Lipinski definition) is 4. The second-order valence-electron chi connectivity index (χ2n) is 6.48. The maximum Gasteiger partial charge on any atom is 0.126 e. The molecule has 4 heteroatoms. The molecule has 1 aliphatic rings. The molecule has 0 saturated carbocycles. The van der Waals surface area contributed by atoms with E-state index in [9.17, 15) is 0 Å². The van der Waals surface area contributed by atoms with Crippen molar-refractivity contribution in [1.29, 1.82) is 5.26 Å². The highest BCUT2D eigenvalue weighted by molar-refractivity contribution is 5.40. The summed E-state index contributed by atoms with van der Waals surface area (Å²) < 4.78 is 0. The van der Waals surface area contributed by atoms with Crippen LogP contribution < -0.4 is 5.32 Å². The van der Waals surface area contributed by atoms with Crippen molar-refractivity contribution in [3.63, 3.8) is 0 Å². The Balaban J connectivity index is 1.66. The number of piperidine rings is 1. The summed E-state index contributed by atoms with van der Waals surface area (Å²) in [6.07, 6.45) is 5.56. The first kappa shape index (κ1) is 16.5. The number of anilines is 1. The monoisotopic (exact) mass is 320 g/mol. The van der Waals surface area contributed by atoms with Gasteiger partial charge in [0.05, 0.1) is 5.56 Å². The first-order valence-corrected chi connectivity index (χ1v) is 8.67. The lowest BCUT2D eigenvalue weighted by atomic mass is 10.0. The third-order valence-electron chi connectivity index (χ3n) is 4.78. The van der Waals surface area contributed by atoms with Gasteiger partial charge in [-0.1, -0.05) is 30.7 Å². The lowest BCUT2D eigenvalue weighted by Crippen LogP contribution is -2.37. The fourth-order valence-corrected chi connectivity index (χ4v) is 3.25. The smallest absolute Gasteiger partial charge is 0.126 e. The second-order valence-corrected chi connectivity index (χ2v) is 6.48. The number of hydrogen-bond donors (Lipinski definition) is 1. The number of rotatable bonds is 5. The highest BCUT2D eigenvalue weighted by Gasteiger charge is 2.19. The fraction of sp³-hybridized carbons (Fsp3) is 0.400. The topological polar surface area (TPSA) is 52.0 Å². The van der Waals surface area contributed by atoms with Crippen molar-refractivity contribution in [2.24, 2.45) is 0 Å². The Bertz CT molecular complexity index is 702. The molecule has 1 fully saturated rings. The summed E-state index contributed by atoms with van der Waals surface area (Å²) in [5.74, 6) is 0.801. The maximum atomic E-state index is 8.83. The molecule has 1 N–H and O–H groups in total. The van der Waals surface area contributed by atoms with Crippen LogP contribution in [0.2, 0.25) is 0 Å². The average molecular weight is 320 g/mol. The van der Waals surface area contributed by atoms with Crippen LogP contribution in [-0.4, -0.2) is 22.5 Å². The van der Waals surface area contributed by atoms with Crippen LogP contribution in [0.5, 0.6) is 0 Å². The summed E-state index contributed by atoms with van der Waals surface area (Å²) >= 11 is 0. The third-order valence-corrected chi connectivity index (χ3v) is 4.78. The largest absolute Gasteiger partial charge is 0.366 e. The Kier molecular flexibility index (Phi) is 5.45. The van der Waals surface area contributed by atoms with Gasteiger partial charge in [-0.25, -0.2) is 4.98 Å². The maximum absolute atomic E-state index is 8.83. The molecule has 3 rings (SSSR count). The minimum absolute atomic E-state index is 0.583. The van der Waals surface area contributed by atoms with E-state index >= 15 is 0 Å². The first-order valence-electron chi connectivity index (χ1n) is 8.67. The Morgan fingerprint density at radius 2 is 2.04 bits per heavy atom. The molecule has 0 amide bonds. The van der Waals surface area contributed by atoms with Crippen LogP contribution >= 0.6 is 0 Å². The van der Waals surface area contributed by atoms with E-state index < -0.39 is 0 Å². The van der Waals surface area contributed by atoms with Crippen LogP contribution in [0.4, 0.5) is 5.82 Å². The van der Waals surface area contributed by atoms with Gasteiger partial charge < -0.3 is 5.32 Å². The molecule has 4 nitrogen and oxygen atoms in total. The molecule has 1 aromatic heterocycles. The summed E-state index contributed by atoms with van der Waals surface area (Å²) in [6, 6.07) is 15.0. The van der Waals surface area contributed by atoms with Crippen molar-refractivity contribution in [3.05, 3.63) is 59.3 Å². The van der Waals surface area contributed by atoms with Crippen molar-refractivity contribution in [1.82, 2.24) is 9.88 Å². The zero-order valence-electron chi connectivity index (χ0n) is 14.2. The summed E-state index contributed by atoms with van der Waals surface area (Å²) in [7, 11) is 0. The minimum Gasteiger partial charge on any atom is -0.366 e. The van der Waals surface area contributed by atoms with Crippen LogP contribution in [0, 0.1) is 11.3 Å². The molecule has 1 atom stereocenters. The fourth-order valence-electron chi connectivity index (χ4n) is 3.25. The molecule has 2 heterocycles. The van der Waals surface area contributed by atoms with Crippen molar-refractivity contribution >= 4 is 5.82 Å². The first-order chi connectivity index (χ1) is 11.8. The summed E-state index contributed by atoms with van der Waals surface area (Å²) in [4.78, 5) is 6.86. The van der Waals surface area contributed by atoms with Gasteiger partial charge in [0, 0.05) is 25.3 Å². The molecule has 124 valence electrons. The highest BCUT2D eigenvalue weighted by atomic mass is 15.2. The summed E-state index contributed by atoms with van der Waals surface area (Å²) in [6.45, 7) is 5.29. The van der Waals surface area contributed by atoms with Crippen LogP contribution in [0.1, 0.15) is 42.9 Å². The zero-order valence-corrected chi connectivity index (χ0v) is 14.2. The predicted molar refractivity (Wildman–Crippen MR) is 96.4 cm³/mol. The number of nitriles is 1. The average Bonchev–Trinajstić information content (AvgIpc) is 2.63. The van der Waals surface area contributed by atoms with E-state index in [1.54, 1.807) is 12.3 Å². The number of likely N-dealkylation sites (tertiary alicyclic amines) is 1. The van der Waals surface area contributed by atoms with Crippen LogP contribution in [-0.2, 0) is 13.1 Å². The summed E-state index contributed by atoms with van der Waals surface area (Å²) in [5, 5.41) is 12.2. The van der Waals surface area contributed by atoms with Crippen molar-refractivity contribution in [2.45, 2.75) is 45.3 Å². The van der Waals surface area contributed by atoms with Gasteiger partial charge >= 0.3 is 0 Å². The van der Waals surface area contributed by atoms with E-state index in [1.165, 1.54) is 36.9 Å². The van der Waals surface area contributed by atoms with Gasteiger partial charge in [0.2, 0.25) is 0 Å². The number of pyridine rings is 1. The molecule has 0 radical (unpaired) electrons. The third kappa shape index (κ3) is 4.12. The van der Waals surface area contributed by atoms with E-state index in [-0.39, 0.29) is 0 Å². The normalized spacial score (nSPS) is 18.1. The Morgan fingerprint density at radius 1 is 1.21 bits per heavy atom. The molecule has 1 saturated heterocycles. The van der Waals surface area contributed by atoms with Gasteiger partial charge in [-0.05, 0) is 49.6 Å². The molecule has 1 unspecified atom stereocenters. The molecule has 0 spiro atoms. The van der Waals surface area contributed by atoms with Gasteiger partial charge in [0.25, 0.3) is 0 Å². The molecule has 0 bridgehead atoms. The van der Waals surface area contributed by atoms with Crippen LogP contribution in [0.3, 0.4) is 0 Å². The molecule has 1 aromatic carbocycles. The predicted octanol–water partition coefficient (Wildman–Crippen LogP) is 3.94. The second kappa shape index (κ2) is 7.94. The highest BCUT2D eigenvalue weighted by Crippen LogP contribution is 2.21. The minimum atomic E-state index is 0.583. The number of nitrogens with one attached hydrogen (secondary N) is 1. The number of nitrogens with zero attached hydrogens (tertiary/aromatic N) is 3. The lowest BCUT2D eigenvalue weighted by molar-refractivity contribution is 0.152. The van der Waals surface area contributed by atoms with E-state index in [2.05, 4.69) is 52.5 Å². The number of aromatic nitrogens is 1. The molecule has 1 aliphatic heterocycles. The standard InChI is InChI=1S/C20H24N4/c1-16-6-4-5-11-24(16)15-19-8-3-2-7-18(19)14-23-20-10-9-17(12-21)13-22-20/h2-3,7-10,13,16H,4-6,11,14-15H2,1H3,(H,22,23). The van der Waals surface area contributed by atoms with Gasteiger partial charge in [0.1, 0.15) is 11.9 Å². The molecule has 24 heavy (non-hydrogen) atoms. The van der Waals surface area contributed by atoms with Gasteiger partial charge in [0.15, 0.2) is 0 Å². The molecular formula is C20H24N4. The summed E-state index contributed by atoms with van der Waals surface area (Å²) in [5.41, 5.74) is 3.27. The lowest BCUT2D eigenvalue weighted by Gasteiger charge is -2.33. The quantitative estimate of drug-likeness (QED) is 0.906. The van der Waals surface area contributed by atoms with Gasteiger partial charge in [-0.15, -0.1) is 0 Å². The van der Waals surface area contributed by atoms with E-state index in [4.69, 9.17) is 5.26 Å². The Morgan fingerprint density at radius 3 is 2.75 bits per heavy atom.